The van der Waals surface area contributed by atoms with E-state index < -0.39 is 17.8 Å². The van der Waals surface area contributed by atoms with E-state index in [1.807, 2.05) is 12.1 Å². The Morgan fingerprint density at radius 3 is 2.37 bits per heavy atom. The fourth-order valence-electron chi connectivity index (χ4n) is 2.89. The molecule has 0 saturated carbocycles. The summed E-state index contributed by atoms with van der Waals surface area (Å²) in [6.45, 7) is 0.490. The monoisotopic (exact) mass is 433 g/mol. The molecule has 2 aromatic carbocycles. The van der Waals surface area contributed by atoms with Crippen LogP contribution in [0.25, 0.3) is 0 Å². The maximum atomic E-state index is 13.3. The van der Waals surface area contributed by atoms with Crippen LogP contribution < -0.4 is 5.32 Å². The highest BCUT2D eigenvalue weighted by Gasteiger charge is 2.33. The zero-order valence-corrected chi connectivity index (χ0v) is 16.6. The van der Waals surface area contributed by atoms with Crippen LogP contribution in [0.5, 0.6) is 0 Å². The van der Waals surface area contributed by atoms with Gasteiger partial charge in [0.25, 0.3) is 0 Å². The Bertz CT molecular complexity index is 979. The van der Waals surface area contributed by atoms with Gasteiger partial charge in [-0.1, -0.05) is 41.9 Å². The number of aromatic nitrogens is 1. The molecule has 4 nitrogen and oxygen atoms in total. The van der Waals surface area contributed by atoms with Gasteiger partial charge in [0, 0.05) is 36.4 Å². The standard InChI is InChI=1S/C22H19ClF3N3O/c23-17-10-8-16(9-11-17)15-29(14-12-18-5-3-4-13-27-18)21(30)28-20-7-2-1-6-19(20)22(24,25)26/h1-11,13H,12,14-15H2,(H,28,30). The summed E-state index contributed by atoms with van der Waals surface area (Å²) in [4.78, 5) is 18.6. The van der Waals surface area contributed by atoms with Crippen molar-refractivity contribution in [3.63, 3.8) is 0 Å². The molecule has 156 valence electrons. The summed E-state index contributed by atoms with van der Waals surface area (Å²) in [6, 6.07) is 16.7. The number of nitrogens with zero attached hydrogens (tertiary/aromatic N) is 2. The number of rotatable bonds is 6. The molecule has 0 radical (unpaired) electrons. The Balaban J connectivity index is 1.80. The summed E-state index contributed by atoms with van der Waals surface area (Å²) in [5, 5.41) is 2.96. The molecule has 0 aliphatic heterocycles. The summed E-state index contributed by atoms with van der Waals surface area (Å²) < 4.78 is 39.8. The summed E-state index contributed by atoms with van der Waals surface area (Å²) in [5.41, 5.74) is 0.408. The summed E-state index contributed by atoms with van der Waals surface area (Å²) in [5.74, 6) is 0. The van der Waals surface area contributed by atoms with E-state index in [0.717, 1.165) is 17.3 Å². The van der Waals surface area contributed by atoms with Crippen molar-refractivity contribution in [1.82, 2.24) is 9.88 Å². The fourth-order valence-corrected chi connectivity index (χ4v) is 3.02. The maximum Gasteiger partial charge on any atom is 0.418 e. The topological polar surface area (TPSA) is 45.2 Å². The minimum absolute atomic E-state index is 0.212. The second-order valence-corrected chi connectivity index (χ2v) is 7.03. The van der Waals surface area contributed by atoms with Crippen LogP contribution in [0.1, 0.15) is 16.8 Å². The lowest BCUT2D eigenvalue weighted by Crippen LogP contribution is -2.36. The Morgan fingerprint density at radius 2 is 1.70 bits per heavy atom. The zero-order valence-electron chi connectivity index (χ0n) is 15.9. The smallest absolute Gasteiger partial charge is 0.320 e. The normalized spacial score (nSPS) is 11.2. The van der Waals surface area contributed by atoms with Crippen LogP contribution in [0.3, 0.4) is 0 Å². The molecule has 0 bridgehead atoms. The first-order chi connectivity index (χ1) is 14.3. The highest BCUT2D eigenvalue weighted by Crippen LogP contribution is 2.34. The molecule has 0 fully saturated rings. The van der Waals surface area contributed by atoms with Crippen molar-refractivity contribution in [3.05, 3.63) is 94.8 Å². The van der Waals surface area contributed by atoms with Gasteiger partial charge in [-0.2, -0.15) is 13.2 Å². The molecule has 3 aromatic rings. The van der Waals surface area contributed by atoms with Gasteiger partial charge in [0.1, 0.15) is 0 Å². The lowest BCUT2D eigenvalue weighted by molar-refractivity contribution is -0.136. The van der Waals surface area contributed by atoms with Gasteiger partial charge < -0.3 is 10.2 Å². The third-order valence-corrected chi connectivity index (χ3v) is 4.66. The van der Waals surface area contributed by atoms with E-state index in [9.17, 15) is 18.0 Å². The molecule has 2 amide bonds. The van der Waals surface area contributed by atoms with Gasteiger partial charge in [0.2, 0.25) is 0 Å². The number of carbonyl (C=O) groups excluding carboxylic acids is 1. The number of hydrogen-bond acceptors (Lipinski definition) is 2. The van der Waals surface area contributed by atoms with Crippen LogP contribution in [0, 0.1) is 0 Å². The molecule has 30 heavy (non-hydrogen) atoms. The van der Waals surface area contributed by atoms with Crippen LogP contribution in [-0.2, 0) is 19.1 Å². The number of nitrogens with one attached hydrogen (secondary N) is 1. The number of para-hydroxylation sites is 1. The van der Waals surface area contributed by atoms with Crippen LogP contribution in [0.15, 0.2) is 72.9 Å². The van der Waals surface area contributed by atoms with Gasteiger partial charge in [0.05, 0.1) is 11.3 Å². The second kappa shape index (κ2) is 9.63. The van der Waals surface area contributed by atoms with Gasteiger partial charge in [0.15, 0.2) is 0 Å². The van der Waals surface area contributed by atoms with E-state index in [4.69, 9.17) is 11.6 Å². The van der Waals surface area contributed by atoms with Crippen molar-refractivity contribution >= 4 is 23.3 Å². The number of amides is 2. The first-order valence-electron chi connectivity index (χ1n) is 9.19. The quantitative estimate of drug-likeness (QED) is 0.515. The predicted molar refractivity (Wildman–Crippen MR) is 110 cm³/mol. The number of carbonyl (C=O) groups is 1. The Morgan fingerprint density at radius 1 is 1.00 bits per heavy atom. The Labute approximate surface area is 177 Å². The molecule has 1 aromatic heterocycles. The van der Waals surface area contributed by atoms with Gasteiger partial charge >= 0.3 is 12.2 Å². The fraction of sp³-hybridized carbons (Fsp3) is 0.182. The molecule has 0 spiro atoms. The predicted octanol–water partition coefficient (Wildman–Crippen LogP) is 6.03. The van der Waals surface area contributed by atoms with E-state index in [0.29, 0.717) is 11.4 Å². The molecular weight excluding hydrogens is 415 g/mol. The zero-order chi connectivity index (χ0) is 21.6. The number of halogens is 4. The molecule has 0 unspecified atom stereocenters. The molecule has 0 aliphatic carbocycles. The number of pyridine rings is 1. The third-order valence-electron chi connectivity index (χ3n) is 4.41. The van der Waals surface area contributed by atoms with Crippen LogP contribution in [0.4, 0.5) is 23.7 Å². The average Bonchev–Trinajstić information content (AvgIpc) is 2.73. The largest absolute Gasteiger partial charge is 0.418 e. The van der Waals surface area contributed by atoms with Gasteiger partial charge in [-0.25, -0.2) is 4.79 Å². The molecule has 1 N–H and O–H groups in total. The van der Waals surface area contributed by atoms with Crippen molar-refractivity contribution < 1.29 is 18.0 Å². The van der Waals surface area contributed by atoms with Crippen molar-refractivity contribution in [2.24, 2.45) is 0 Å². The van der Waals surface area contributed by atoms with Gasteiger partial charge in [-0.05, 0) is 42.0 Å². The van der Waals surface area contributed by atoms with E-state index in [2.05, 4.69) is 10.3 Å². The summed E-state index contributed by atoms with van der Waals surface area (Å²) in [7, 11) is 0. The lowest BCUT2D eigenvalue weighted by Gasteiger charge is -2.24. The highest BCUT2D eigenvalue weighted by atomic mass is 35.5. The molecule has 0 saturated heterocycles. The van der Waals surface area contributed by atoms with Gasteiger partial charge in [-0.15, -0.1) is 0 Å². The molecule has 0 atom stereocenters. The number of urea groups is 1. The SMILES string of the molecule is O=C(Nc1ccccc1C(F)(F)F)N(CCc1ccccn1)Cc1ccc(Cl)cc1. The Kier molecular flexibility index (Phi) is 6.95. The van der Waals surface area contributed by atoms with Crippen LogP contribution >= 0.6 is 11.6 Å². The minimum Gasteiger partial charge on any atom is -0.320 e. The molecule has 1 heterocycles. The number of benzene rings is 2. The van der Waals surface area contributed by atoms with Crippen molar-refractivity contribution in [2.75, 3.05) is 11.9 Å². The minimum atomic E-state index is -4.57. The van der Waals surface area contributed by atoms with Crippen molar-refractivity contribution in [1.29, 1.82) is 0 Å². The van der Waals surface area contributed by atoms with Crippen molar-refractivity contribution in [2.45, 2.75) is 19.1 Å². The third kappa shape index (κ3) is 5.97. The Hall–Kier alpha value is -3.06. The van der Waals surface area contributed by atoms with Crippen LogP contribution in [0.2, 0.25) is 5.02 Å². The number of alkyl halides is 3. The van der Waals surface area contributed by atoms with Crippen molar-refractivity contribution in [3.8, 4) is 0 Å². The first kappa shape index (κ1) is 21.6. The van der Waals surface area contributed by atoms with E-state index in [-0.39, 0.29) is 18.8 Å². The molecular formula is C22H19ClF3N3O. The first-order valence-corrected chi connectivity index (χ1v) is 9.57. The second-order valence-electron chi connectivity index (χ2n) is 6.59. The van der Waals surface area contributed by atoms with Crippen LogP contribution in [-0.4, -0.2) is 22.5 Å². The van der Waals surface area contributed by atoms with E-state index in [1.165, 1.54) is 23.1 Å². The average molecular weight is 434 g/mol. The summed E-state index contributed by atoms with van der Waals surface area (Å²) in [6.07, 6.45) is -2.46. The lowest BCUT2D eigenvalue weighted by atomic mass is 10.1. The molecule has 8 heteroatoms. The van der Waals surface area contributed by atoms with Gasteiger partial charge in [-0.3, -0.25) is 4.98 Å². The van der Waals surface area contributed by atoms with E-state index >= 15 is 0 Å². The maximum absolute atomic E-state index is 13.3. The summed E-state index contributed by atoms with van der Waals surface area (Å²) >= 11 is 5.91. The number of hydrogen-bond donors (Lipinski definition) is 1. The van der Waals surface area contributed by atoms with E-state index in [1.54, 1.807) is 36.5 Å². The molecule has 0 aliphatic rings. The number of anilines is 1. The molecule has 3 rings (SSSR count). The highest BCUT2D eigenvalue weighted by molar-refractivity contribution is 6.30.